The SMILES string of the molecule is CCN(CC)C(=O)CCCC(=O)N(C)C(Cc1ccccc1)C(=O)O. The zero-order chi connectivity index (χ0) is 18.8. The normalized spacial score (nSPS) is 11.6. The molecule has 0 aliphatic heterocycles. The lowest BCUT2D eigenvalue weighted by atomic mass is 10.0. The Kier molecular flexibility index (Phi) is 8.67. The number of hydrogen-bond donors (Lipinski definition) is 1. The molecule has 1 aromatic carbocycles. The summed E-state index contributed by atoms with van der Waals surface area (Å²) >= 11 is 0. The molecule has 1 rings (SSSR count). The summed E-state index contributed by atoms with van der Waals surface area (Å²) in [6.45, 7) is 5.14. The van der Waals surface area contributed by atoms with Gasteiger partial charge in [-0.3, -0.25) is 9.59 Å². The number of benzene rings is 1. The number of carboxylic acid groups (broad SMARTS) is 1. The van der Waals surface area contributed by atoms with Crippen LogP contribution in [0.1, 0.15) is 38.7 Å². The monoisotopic (exact) mass is 348 g/mol. The van der Waals surface area contributed by atoms with Gasteiger partial charge in [-0.2, -0.15) is 0 Å². The first-order valence-corrected chi connectivity index (χ1v) is 8.70. The van der Waals surface area contributed by atoms with Gasteiger partial charge in [-0.1, -0.05) is 30.3 Å². The fourth-order valence-electron chi connectivity index (χ4n) is 2.70. The number of likely N-dealkylation sites (N-methyl/N-ethyl adjacent to an activating group) is 1. The van der Waals surface area contributed by atoms with Crippen LogP contribution in [0.5, 0.6) is 0 Å². The van der Waals surface area contributed by atoms with Crippen molar-refractivity contribution in [3.63, 3.8) is 0 Å². The minimum atomic E-state index is -1.03. The van der Waals surface area contributed by atoms with Gasteiger partial charge in [0.05, 0.1) is 0 Å². The third-order valence-corrected chi connectivity index (χ3v) is 4.32. The summed E-state index contributed by atoms with van der Waals surface area (Å²) in [4.78, 5) is 38.8. The van der Waals surface area contributed by atoms with Gasteiger partial charge in [-0.25, -0.2) is 4.79 Å². The molecule has 1 atom stereocenters. The van der Waals surface area contributed by atoms with Gasteiger partial charge in [-0.15, -0.1) is 0 Å². The van der Waals surface area contributed by atoms with Crippen LogP contribution in [-0.4, -0.2) is 58.9 Å². The van der Waals surface area contributed by atoms with Crippen molar-refractivity contribution in [2.24, 2.45) is 0 Å². The largest absolute Gasteiger partial charge is 0.480 e. The van der Waals surface area contributed by atoms with E-state index in [-0.39, 0.29) is 24.7 Å². The molecule has 1 aromatic rings. The average molecular weight is 348 g/mol. The third-order valence-electron chi connectivity index (χ3n) is 4.32. The summed E-state index contributed by atoms with van der Waals surface area (Å²) in [5.41, 5.74) is 0.867. The fourth-order valence-corrected chi connectivity index (χ4v) is 2.70. The zero-order valence-electron chi connectivity index (χ0n) is 15.3. The van der Waals surface area contributed by atoms with E-state index < -0.39 is 12.0 Å². The Morgan fingerprint density at radius 1 is 1.00 bits per heavy atom. The van der Waals surface area contributed by atoms with Gasteiger partial charge in [-0.05, 0) is 25.8 Å². The molecule has 0 saturated carbocycles. The van der Waals surface area contributed by atoms with E-state index in [1.165, 1.54) is 11.9 Å². The number of carboxylic acids is 1. The first kappa shape index (κ1) is 20.7. The molecule has 25 heavy (non-hydrogen) atoms. The summed E-state index contributed by atoms with van der Waals surface area (Å²) in [6, 6.07) is 8.33. The summed E-state index contributed by atoms with van der Waals surface area (Å²) in [5.74, 6) is -1.26. The van der Waals surface area contributed by atoms with Gasteiger partial charge >= 0.3 is 5.97 Å². The first-order chi connectivity index (χ1) is 11.9. The first-order valence-electron chi connectivity index (χ1n) is 8.70. The molecule has 2 amide bonds. The van der Waals surface area contributed by atoms with Crippen molar-refractivity contribution in [1.29, 1.82) is 0 Å². The summed E-state index contributed by atoms with van der Waals surface area (Å²) in [5, 5.41) is 9.45. The minimum absolute atomic E-state index is 0.0273. The molecule has 138 valence electrons. The van der Waals surface area contributed by atoms with E-state index in [0.717, 1.165) is 5.56 Å². The highest BCUT2D eigenvalue weighted by molar-refractivity contribution is 5.84. The molecular weight excluding hydrogens is 320 g/mol. The van der Waals surface area contributed by atoms with Gasteiger partial charge in [0.2, 0.25) is 11.8 Å². The maximum Gasteiger partial charge on any atom is 0.326 e. The molecule has 0 aliphatic rings. The molecule has 0 aliphatic carbocycles. The Morgan fingerprint density at radius 3 is 2.08 bits per heavy atom. The van der Waals surface area contributed by atoms with Gasteiger partial charge < -0.3 is 14.9 Å². The predicted octanol–water partition coefficient (Wildman–Crippen LogP) is 2.18. The second-order valence-corrected chi connectivity index (χ2v) is 5.97. The van der Waals surface area contributed by atoms with Gasteiger partial charge in [0.25, 0.3) is 0 Å². The molecular formula is C19H28N2O4. The highest BCUT2D eigenvalue weighted by atomic mass is 16.4. The molecule has 0 aromatic heterocycles. The van der Waals surface area contributed by atoms with Crippen LogP contribution in [-0.2, 0) is 20.8 Å². The van der Waals surface area contributed by atoms with Crippen molar-refractivity contribution in [3.05, 3.63) is 35.9 Å². The molecule has 0 radical (unpaired) electrons. The van der Waals surface area contributed by atoms with Crippen LogP contribution in [0.15, 0.2) is 30.3 Å². The minimum Gasteiger partial charge on any atom is -0.480 e. The molecule has 6 nitrogen and oxygen atoms in total. The standard InChI is InChI=1S/C19H28N2O4/c1-4-21(5-2)18(23)13-9-12-17(22)20(3)16(19(24)25)14-15-10-7-6-8-11-15/h6-8,10-11,16H,4-5,9,12-14H2,1-3H3,(H,24,25). The lowest BCUT2D eigenvalue weighted by Gasteiger charge is -2.25. The van der Waals surface area contributed by atoms with Gasteiger partial charge in [0.1, 0.15) is 6.04 Å². The van der Waals surface area contributed by atoms with Crippen LogP contribution in [0.3, 0.4) is 0 Å². The second kappa shape index (κ2) is 10.5. The lowest BCUT2D eigenvalue weighted by molar-refractivity contribution is -0.149. The van der Waals surface area contributed by atoms with Gasteiger partial charge in [0, 0.05) is 39.4 Å². The third kappa shape index (κ3) is 6.57. The molecule has 0 bridgehead atoms. The quantitative estimate of drug-likeness (QED) is 0.703. The topological polar surface area (TPSA) is 77.9 Å². The van der Waals surface area contributed by atoms with Crippen LogP contribution in [0.2, 0.25) is 0 Å². The summed E-state index contributed by atoms with van der Waals surface area (Å²) in [6.07, 6.45) is 1.16. The van der Waals surface area contributed by atoms with E-state index in [2.05, 4.69) is 0 Å². The van der Waals surface area contributed by atoms with Crippen LogP contribution in [0.4, 0.5) is 0 Å². The summed E-state index contributed by atoms with van der Waals surface area (Å²) in [7, 11) is 1.51. The van der Waals surface area contributed by atoms with Crippen LogP contribution >= 0.6 is 0 Å². The van der Waals surface area contributed by atoms with Gasteiger partial charge in [0.15, 0.2) is 0 Å². The van der Waals surface area contributed by atoms with Crippen LogP contribution in [0, 0.1) is 0 Å². The number of hydrogen-bond acceptors (Lipinski definition) is 3. The van der Waals surface area contributed by atoms with Crippen LogP contribution in [0.25, 0.3) is 0 Å². The molecule has 1 N–H and O–H groups in total. The number of amides is 2. The summed E-state index contributed by atoms with van der Waals surface area (Å²) < 4.78 is 0. The van der Waals surface area contributed by atoms with E-state index in [1.807, 2.05) is 44.2 Å². The Bertz CT molecular complexity index is 570. The highest BCUT2D eigenvalue weighted by Gasteiger charge is 2.26. The van der Waals surface area contributed by atoms with E-state index in [0.29, 0.717) is 25.9 Å². The zero-order valence-corrected chi connectivity index (χ0v) is 15.3. The Balaban J connectivity index is 2.57. The Labute approximate surface area is 149 Å². The average Bonchev–Trinajstić information content (AvgIpc) is 2.60. The maximum absolute atomic E-state index is 12.3. The molecule has 0 spiro atoms. The van der Waals surface area contributed by atoms with Crippen molar-refractivity contribution in [2.45, 2.75) is 45.6 Å². The number of aliphatic carboxylic acids is 1. The lowest BCUT2D eigenvalue weighted by Crippen LogP contribution is -2.43. The Hall–Kier alpha value is -2.37. The van der Waals surface area contributed by atoms with E-state index >= 15 is 0 Å². The Morgan fingerprint density at radius 2 is 1.56 bits per heavy atom. The highest BCUT2D eigenvalue weighted by Crippen LogP contribution is 2.11. The van der Waals surface area contributed by atoms with E-state index in [9.17, 15) is 19.5 Å². The molecule has 0 fully saturated rings. The fraction of sp³-hybridized carbons (Fsp3) is 0.526. The van der Waals surface area contributed by atoms with Crippen LogP contribution < -0.4 is 0 Å². The number of rotatable bonds is 10. The number of carbonyl (C=O) groups is 3. The van der Waals surface area contributed by atoms with Crippen molar-refractivity contribution in [2.75, 3.05) is 20.1 Å². The number of nitrogens with zero attached hydrogens (tertiary/aromatic N) is 2. The van der Waals surface area contributed by atoms with Crippen molar-refractivity contribution >= 4 is 17.8 Å². The van der Waals surface area contributed by atoms with Crippen molar-refractivity contribution in [3.8, 4) is 0 Å². The van der Waals surface area contributed by atoms with E-state index in [1.54, 1.807) is 4.90 Å². The molecule has 6 heteroatoms. The van der Waals surface area contributed by atoms with Crippen molar-refractivity contribution < 1.29 is 19.5 Å². The predicted molar refractivity (Wildman–Crippen MR) is 96.1 cm³/mol. The van der Waals surface area contributed by atoms with Crippen molar-refractivity contribution in [1.82, 2.24) is 9.80 Å². The molecule has 0 saturated heterocycles. The molecule has 1 unspecified atom stereocenters. The smallest absolute Gasteiger partial charge is 0.326 e. The maximum atomic E-state index is 12.3. The van der Waals surface area contributed by atoms with E-state index in [4.69, 9.17) is 0 Å². The number of carbonyl (C=O) groups excluding carboxylic acids is 2. The second-order valence-electron chi connectivity index (χ2n) is 5.97. The molecule has 0 heterocycles.